The number of thiol groups is 2. The molecule has 0 bridgehead atoms. The standard InChI is InChI=1S/C14H10S2/c15-13-5-6-14(16)12-8-10-4-2-1-3-9(10)7-11(12)13/h1-8,15-16H. The fraction of sp³-hybridized carbons (Fsp3) is 0. The molecule has 0 atom stereocenters. The van der Waals surface area contributed by atoms with Crippen LogP contribution in [0.1, 0.15) is 0 Å². The molecule has 0 radical (unpaired) electrons. The first-order valence-electron chi connectivity index (χ1n) is 5.09. The average Bonchev–Trinajstić information content (AvgIpc) is 2.32. The molecule has 0 N–H and O–H groups in total. The predicted octanol–water partition coefficient (Wildman–Crippen LogP) is 4.57. The summed E-state index contributed by atoms with van der Waals surface area (Å²) in [5.74, 6) is 0. The third-order valence-corrected chi connectivity index (χ3v) is 3.62. The average molecular weight is 242 g/mol. The number of benzene rings is 3. The molecule has 0 aliphatic carbocycles. The highest BCUT2D eigenvalue weighted by Gasteiger charge is 2.03. The van der Waals surface area contributed by atoms with Crippen molar-refractivity contribution in [2.24, 2.45) is 0 Å². The van der Waals surface area contributed by atoms with Crippen LogP contribution in [0.25, 0.3) is 21.5 Å². The topological polar surface area (TPSA) is 0 Å². The minimum atomic E-state index is 0.999. The summed E-state index contributed by atoms with van der Waals surface area (Å²) in [5.41, 5.74) is 0. The third kappa shape index (κ3) is 1.49. The lowest BCUT2D eigenvalue weighted by Crippen LogP contribution is -1.79. The fourth-order valence-electron chi connectivity index (χ4n) is 2.00. The van der Waals surface area contributed by atoms with Crippen molar-refractivity contribution >= 4 is 46.8 Å². The Morgan fingerprint density at radius 1 is 0.625 bits per heavy atom. The van der Waals surface area contributed by atoms with Crippen LogP contribution in [0.5, 0.6) is 0 Å². The molecule has 0 spiro atoms. The highest BCUT2D eigenvalue weighted by Crippen LogP contribution is 2.31. The van der Waals surface area contributed by atoms with Gasteiger partial charge in [0, 0.05) is 9.79 Å². The summed E-state index contributed by atoms with van der Waals surface area (Å²) in [6, 6.07) is 16.7. The van der Waals surface area contributed by atoms with Crippen LogP contribution in [0, 0.1) is 0 Å². The second-order valence-electron chi connectivity index (χ2n) is 3.85. The summed E-state index contributed by atoms with van der Waals surface area (Å²) < 4.78 is 0. The summed E-state index contributed by atoms with van der Waals surface area (Å²) in [5, 5.41) is 4.80. The largest absolute Gasteiger partial charge is 0.143 e. The Morgan fingerprint density at radius 3 is 1.50 bits per heavy atom. The van der Waals surface area contributed by atoms with Gasteiger partial charge in [0.2, 0.25) is 0 Å². The lowest BCUT2D eigenvalue weighted by atomic mass is 10.0. The molecule has 0 saturated heterocycles. The highest BCUT2D eigenvalue weighted by atomic mass is 32.1. The van der Waals surface area contributed by atoms with Crippen molar-refractivity contribution in [2.45, 2.75) is 9.79 Å². The van der Waals surface area contributed by atoms with Gasteiger partial charge >= 0.3 is 0 Å². The smallest absolute Gasteiger partial charge is 0.0120 e. The zero-order valence-electron chi connectivity index (χ0n) is 8.51. The first-order valence-corrected chi connectivity index (χ1v) is 5.98. The van der Waals surface area contributed by atoms with Crippen molar-refractivity contribution in [1.29, 1.82) is 0 Å². The Labute approximate surface area is 105 Å². The molecule has 16 heavy (non-hydrogen) atoms. The van der Waals surface area contributed by atoms with E-state index in [4.69, 9.17) is 0 Å². The van der Waals surface area contributed by atoms with E-state index in [1.165, 1.54) is 10.8 Å². The Morgan fingerprint density at radius 2 is 1.06 bits per heavy atom. The van der Waals surface area contributed by atoms with Crippen molar-refractivity contribution in [2.75, 3.05) is 0 Å². The maximum Gasteiger partial charge on any atom is 0.0120 e. The van der Waals surface area contributed by atoms with Crippen molar-refractivity contribution < 1.29 is 0 Å². The highest BCUT2D eigenvalue weighted by molar-refractivity contribution is 7.81. The number of fused-ring (bicyclic) bond motifs is 2. The number of hydrogen-bond acceptors (Lipinski definition) is 2. The van der Waals surface area contributed by atoms with Crippen LogP contribution in [-0.4, -0.2) is 0 Å². The summed E-state index contributed by atoms with van der Waals surface area (Å²) in [4.78, 5) is 2.00. The van der Waals surface area contributed by atoms with E-state index in [1.807, 2.05) is 12.1 Å². The maximum atomic E-state index is 4.49. The predicted molar refractivity (Wildman–Crippen MR) is 76.0 cm³/mol. The Bertz CT molecular complexity index is 627. The molecule has 0 heterocycles. The van der Waals surface area contributed by atoms with E-state index in [9.17, 15) is 0 Å². The molecule has 0 fully saturated rings. The van der Waals surface area contributed by atoms with Crippen molar-refractivity contribution in [3.8, 4) is 0 Å². The molecule has 78 valence electrons. The van der Waals surface area contributed by atoms with Gasteiger partial charge in [-0.3, -0.25) is 0 Å². The van der Waals surface area contributed by atoms with Crippen LogP contribution in [0.15, 0.2) is 58.3 Å². The van der Waals surface area contributed by atoms with E-state index < -0.39 is 0 Å². The van der Waals surface area contributed by atoms with E-state index in [-0.39, 0.29) is 0 Å². The van der Waals surface area contributed by atoms with E-state index in [0.717, 1.165) is 20.6 Å². The van der Waals surface area contributed by atoms with Gasteiger partial charge in [0.15, 0.2) is 0 Å². The summed E-state index contributed by atoms with van der Waals surface area (Å²) in [6.45, 7) is 0. The quantitative estimate of drug-likeness (QED) is 0.419. The van der Waals surface area contributed by atoms with Crippen molar-refractivity contribution in [1.82, 2.24) is 0 Å². The lowest BCUT2D eigenvalue weighted by Gasteiger charge is -2.06. The fourth-order valence-corrected chi connectivity index (χ4v) is 2.52. The molecule has 3 aromatic rings. The summed E-state index contributed by atoms with van der Waals surface area (Å²) >= 11 is 8.98. The first-order chi connectivity index (χ1) is 7.75. The van der Waals surface area contributed by atoms with Crippen LogP contribution in [0.3, 0.4) is 0 Å². The molecular formula is C14H10S2. The van der Waals surface area contributed by atoms with E-state index >= 15 is 0 Å². The molecule has 0 aliphatic heterocycles. The normalized spacial score (nSPS) is 11.1. The van der Waals surface area contributed by atoms with Crippen molar-refractivity contribution in [3.05, 3.63) is 48.5 Å². The SMILES string of the molecule is Sc1ccc(S)c2cc3ccccc3cc12. The van der Waals surface area contributed by atoms with Crippen LogP contribution >= 0.6 is 25.3 Å². The molecule has 3 aromatic carbocycles. The molecule has 2 heteroatoms. The van der Waals surface area contributed by atoms with Gasteiger partial charge in [-0.25, -0.2) is 0 Å². The monoisotopic (exact) mass is 242 g/mol. The van der Waals surface area contributed by atoms with Gasteiger partial charge in [-0.05, 0) is 45.8 Å². The minimum absolute atomic E-state index is 0.999. The van der Waals surface area contributed by atoms with Crippen LogP contribution in [0.4, 0.5) is 0 Å². The van der Waals surface area contributed by atoms with Gasteiger partial charge in [0.05, 0.1) is 0 Å². The van der Waals surface area contributed by atoms with Gasteiger partial charge < -0.3 is 0 Å². The molecule has 0 saturated carbocycles. The Hall–Kier alpha value is -1.12. The Kier molecular flexibility index (Phi) is 2.34. The van der Waals surface area contributed by atoms with Gasteiger partial charge in [-0.1, -0.05) is 24.3 Å². The maximum absolute atomic E-state index is 4.49. The number of hydrogen-bond donors (Lipinski definition) is 2. The lowest BCUT2D eigenvalue weighted by molar-refractivity contribution is 1.47. The molecule has 0 aromatic heterocycles. The zero-order chi connectivity index (χ0) is 11.1. The first kappa shape index (κ1) is 10.1. The zero-order valence-corrected chi connectivity index (χ0v) is 10.3. The molecule has 0 aliphatic rings. The molecule has 0 nitrogen and oxygen atoms in total. The molecule has 3 rings (SSSR count). The van der Waals surface area contributed by atoms with Gasteiger partial charge in [0.1, 0.15) is 0 Å². The van der Waals surface area contributed by atoms with Crippen molar-refractivity contribution in [3.63, 3.8) is 0 Å². The third-order valence-electron chi connectivity index (χ3n) is 2.84. The van der Waals surface area contributed by atoms with E-state index in [0.29, 0.717) is 0 Å². The van der Waals surface area contributed by atoms with Gasteiger partial charge in [-0.15, -0.1) is 25.3 Å². The van der Waals surface area contributed by atoms with E-state index in [2.05, 4.69) is 61.7 Å². The Balaban J connectivity index is 2.56. The summed E-state index contributed by atoms with van der Waals surface area (Å²) in [7, 11) is 0. The van der Waals surface area contributed by atoms with Crippen LogP contribution in [-0.2, 0) is 0 Å². The molecule has 0 unspecified atom stereocenters. The molecular weight excluding hydrogens is 232 g/mol. The number of rotatable bonds is 0. The second-order valence-corrected chi connectivity index (χ2v) is 4.81. The minimum Gasteiger partial charge on any atom is -0.143 e. The van der Waals surface area contributed by atoms with Gasteiger partial charge in [-0.2, -0.15) is 0 Å². The summed E-state index contributed by atoms with van der Waals surface area (Å²) in [6.07, 6.45) is 0. The van der Waals surface area contributed by atoms with Crippen LogP contribution in [0.2, 0.25) is 0 Å². The second kappa shape index (κ2) is 3.72. The van der Waals surface area contributed by atoms with Gasteiger partial charge in [0.25, 0.3) is 0 Å². The van der Waals surface area contributed by atoms with E-state index in [1.54, 1.807) is 0 Å². The van der Waals surface area contributed by atoms with Crippen LogP contribution < -0.4 is 0 Å². The molecule has 0 amide bonds.